The van der Waals surface area contributed by atoms with E-state index in [9.17, 15) is 4.79 Å². The Morgan fingerprint density at radius 2 is 1.79 bits per heavy atom. The Morgan fingerprint density at radius 1 is 1.00 bits per heavy atom. The van der Waals surface area contributed by atoms with Gasteiger partial charge in [0.2, 0.25) is 5.91 Å². The van der Waals surface area contributed by atoms with Crippen LogP contribution in [0.15, 0.2) is 78.9 Å². The lowest BCUT2D eigenvalue weighted by atomic mass is 9.88. The van der Waals surface area contributed by atoms with Gasteiger partial charge in [-0.2, -0.15) is 0 Å². The van der Waals surface area contributed by atoms with E-state index in [-0.39, 0.29) is 11.8 Å². The fourth-order valence-corrected chi connectivity index (χ4v) is 4.83. The number of nitrogens with one attached hydrogen (secondary N) is 1. The minimum absolute atomic E-state index is 0.0139. The molecule has 0 saturated carbocycles. The molecular formula is C28H31ClN2O2. The first-order valence-electron chi connectivity index (χ1n) is 11.6. The van der Waals surface area contributed by atoms with Gasteiger partial charge in [-0.25, -0.2) is 0 Å². The van der Waals surface area contributed by atoms with E-state index >= 15 is 0 Å². The van der Waals surface area contributed by atoms with E-state index in [2.05, 4.69) is 40.5 Å². The lowest BCUT2D eigenvalue weighted by Gasteiger charge is -2.39. The maximum Gasteiger partial charge on any atom is 0.224 e. The normalized spacial score (nSPS) is 18.6. The van der Waals surface area contributed by atoms with Crippen molar-refractivity contribution in [3.63, 3.8) is 0 Å². The summed E-state index contributed by atoms with van der Waals surface area (Å²) in [6, 6.07) is 26.9. The largest absolute Gasteiger partial charge is 0.497 e. The highest BCUT2D eigenvalue weighted by atomic mass is 35.5. The van der Waals surface area contributed by atoms with Crippen LogP contribution in [0.4, 0.5) is 0 Å². The summed E-state index contributed by atoms with van der Waals surface area (Å²) in [5, 5.41) is 3.90. The van der Waals surface area contributed by atoms with Gasteiger partial charge in [-0.15, -0.1) is 0 Å². The average molecular weight is 463 g/mol. The zero-order valence-electron chi connectivity index (χ0n) is 19.0. The number of halogens is 1. The van der Waals surface area contributed by atoms with Crippen molar-refractivity contribution in [2.75, 3.05) is 20.2 Å². The molecule has 0 aliphatic carbocycles. The molecule has 4 nitrogen and oxygen atoms in total. The van der Waals surface area contributed by atoms with Crippen molar-refractivity contribution < 1.29 is 9.53 Å². The van der Waals surface area contributed by atoms with Crippen molar-refractivity contribution in [2.24, 2.45) is 5.92 Å². The summed E-state index contributed by atoms with van der Waals surface area (Å²) in [5.74, 6) is 0.976. The summed E-state index contributed by atoms with van der Waals surface area (Å²) in [4.78, 5) is 15.4. The van der Waals surface area contributed by atoms with Crippen LogP contribution in [-0.2, 0) is 17.8 Å². The van der Waals surface area contributed by atoms with Gasteiger partial charge < -0.3 is 10.1 Å². The minimum Gasteiger partial charge on any atom is -0.497 e. The quantitative estimate of drug-likeness (QED) is 0.469. The molecule has 3 aromatic rings. The summed E-state index contributed by atoms with van der Waals surface area (Å²) >= 11 is 6.23. The molecule has 5 heteroatoms. The van der Waals surface area contributed by atoms with E-state index in [4.69, 9.17) is 16.3 Å². The molecule has 1 fully saturated rings. The van der Waals surface area contributed by atoms with Gasteiger partial charge in [-0.05, 0) is 60.2 Å². The van der Waals surface area contributed by atoms with Crippen LogP contribution in [-0.4, -0.2) is 31.0 Å². The number of rotatable bonds is 8. The molecule has 1 amide bonds. The van der Waals surface area contributed by atoms with Crippen LogP contribution in [0.1, 0.15) is 35.6 Å². The number of hydrogen-bond acceptors (Lipinski definition) is 3. The third-order valence-electron chi connectivity index (χ3n) is 6.39. The molecule has 1 aliphatic heterocycles. The zero-order valence-corrected chi connectivity index (χ0v) is 19.8. The van der Waals surface area contributed by atoms with E-state index in [1.54, 1.807) is 7.11 Å². The number of carbonyl (C=O) groups is 1. The Labute approximate surface area is 201 Å². The third-order valence-corrected chi connectivity index (χ3v) is 6.62. The van der Waals surface area contributed by atoms with Crippen molar-refractivity contribution >= 4 is 17.5 Å². The molecule has 2 unspecified atom stereocenters. The van der Waals surface area contributed by atoms with Gasteiger partial charge in [0.15, 0.2) is 0 Å². The molecule has 0 aromatic heterocycles. The molecule has 0 bridgehead atoms. The van der Waals surface area contributed by atoms with Crippen LogP contribution in [0, 0.1) is 5.92 Å². The Morgan fingerprint density at radius 3 is 2.52 bits per heavy atom. The fourth-order valence-electron chi connectivity index (χ4n) is 4.62. The number of hydrogen-bond donors (Lipinski definition) is 1. The predicted molar refractivity (Wildman–Crippen MR) is 133 cm³/mol. The lowest BCUT2D eigenvalue weighted by molar-refractivity contribution is -0.127. The number of likely N-dealkylation sites (tertiary alicyclic amines) is 1. The topological polar surface area (TPSA) is 41.6 Å². The maximum atomic E-state index is 13.0. The monoisotopic (exact) mass is 462 g/mol. The Balaban J connectivity index is 1.39. The van der Waals surface area contributed by atoms with Gasteiger partial charge in [-0.1, -0.05) is 66.2 Å². The van der Waals surface area contributed by atoms with Crippen molar-refractivity contribution in [2.45, 2.75) is 31.8 Å². The van der Waals surface area contributed by atoms with Crippen LogP contribution in [0.3, 0.4) is 0 Å². The number of ether oxygens (including phenoxy) is 1. The second kappa shape index (κ2) is 11.4. The highest BCUT2D eigenvalue weighted by Gasteiger charge is 2.32. The van der Waals surface area contributed by atoms with E-state index in [1.165, 1.54) is 16.7 Å². The third kappa shape index (κ3) is 6.37. The Kier molecular flexibility index (Phi) is 8.03. The van der Waals surface area contributed by atoms with Gasteiger partial charge >= 0.3 is 0 Å². The number of nitrogens with zero attached hydrogens (tertiary/aromatic N) is 1. The first kappa shape index (κ1) is 23.3. The molecule has 33 heavy (non-hydrogen) atoms. The molecule has 1 aliphatic rings. The molecule has 0 spiro atoms. The molecule has 4 rings (SSSR count). The summed E-state index contributed by atoms with van der Waals surface area (Å²) < 4.78 is 5.21. The van der Waals surface area contributed by atoms with Crippen LogP contribution in [0.2, 0.25) is 5.02 Å². The van der Waals surface area contributed by atoms with Gasteiger partial charge in [-0.3, -0.25) is 9.69 Å². The molecule has 172 valence electrons. The van der Waals surface area contributed by atoms with Gasteiger partial charge in [0.05, 0.1) is 13.0 Å². The molecule has 1 heterocycles. The first-order chi connectivity index (χ1) is 16.1. The van der Waals surface area contributed by atoms with Crippen molar-refractivity contribution in [1.82, 2.24) is 10.2 Å². The number of piperidine rings is 1. The maximum absolute atomic E-state index is 13.0. The number of carbonyl (C=O) groups excluding carboxylic acids is 1. The number of methoxy groups -OCH3 is 1. The number of benzene rings is 3. The van der Waals surface area contributed by atoms with Crippen molar-refractivity contribution in [3.05, 3.63) is 101 Å². The minimum atomic E-state index is -0.0139. The SMILES string of the molecule is COc1ccc(CCNC(=O)C2CCC(c3ccccc3)N(Cc3cccc(Cl)c3)C2)cc1. The smallest absolute Gasteiger partial charge is 0.224 e. The lowest BCUT2D eigenvalue weighted by Crippen LogP contribution is -2.44. The highest BCUT2D eigenvalue weighted by Crippen LogP contribution is 2.34. The van der Waals surface area contributed by atoms with Gasteiger partial charge in [0.1, 0.15) is 5.75 Å². The molecule has 1 saturated heterocycles. The standard InChI is InChI=1S/C28H31ClN2O2/c1-33-26-13-10-21(11-14-26)16-17-30-28(32)24-12-15-27(23-7-3-2-4-8-23)31(20-24)19-22-6-5-9-25(29)18-22/h2-11,13-14,18,24,27H,12,15-17,19-20H2,1H3,(H,30,32). The first-order valence-corrected chi connectivity index (χ1v) is 11.9. The van der Waals surface area contributed by atoms with Crippen molar-refractivity contribution in [3.8, 4) is 5.75 Å². The predicted octanol–water partition coefficient (Wildman–Crippen LogP) is 5.66. The summed E-state index contributed by atoms with van der Waals surface area (Å²) in [5.41, 5.74) is 3.66. The molecule has 0 radical (unpaired) electrons. The van der Waals surface area contributed by atoms with Crippen molar-refractivity contribution in [1.29, 1.82) is 0 Å². The number of amides is 1. The summed E-state index contributed by atoms with van der Waals surface area (Å²) in [6.45, 7) is 2.15. The van der Waals surface area contributed by atoms with E-state index in [0.29, 0.717) is 12.6 Å². The highest BCUT2D eigenvalue weighted by molar-refractivity contribution is 6.30. The Bertz CT molecular complexity index is 1040. The summed E-state index contributed by atoms with van der Waals surface area (Å²) in [7, 11) is 1.66. The summed E-state index contributed by atoms with van der Waals surface area (Å²) in [6.07, 6.45) is 2.66. The zero-order chi connectivity index (χ0) is 23.0. The van der Waals surface area contributed by atoms with Crippen LogP contribution in [0.25, 0.3) is 0 Å². The van der Waals surface area contributed by atoms with E-state index < -0.39 is 0 Å². The molecule has 3 aromatic carbocycles. The molecule has 2 atom stereocenters. The Hall–Kier alpha value is -2.82. The molecule has 1 N–H and O–H groups in total. The van der Waals surface area contributed by atoms with E-state index in [1.807, 2.05) is 48.5 Å². The average Bonchev–Trinajstić information content (AvgIpc) is 2.85. The second-order valence-electron chi connectivity index (χ2n) is 8.65. The van der Waals surface area contributed by atoms with Crippen LogP contribution in [0.5, 0.6) is 5.75 Å². The van der Waals surface area contributed by atoms with Gasteiger partial charge in [0, 0.05) is 30.7 Å². The van der Waals surface area contributed by atoms with E-state index in [0.717, 1.165) is 43.1 Å². The molecular weight excluding hydrogens is 432 g/mol. The van der Waals surface area contributed by atoms with Crippen LogP contribution < -0.4 is 10.1 Å². The second-order valence-corrected chi connectivity index (χ2v) is 9.09. The van der Waals surface area contributed by atoms with Gasteiger partial charge in [0.25, 0.3) is 0 Å². The fraction of sp³-hybridized carbons (Fsp3) is 0.321. The van der Waals surface area contributed by atoms with Crippen LogP contribution >= 0.6 is 11.6 Å².